The minimum absolute atomic E-state index is 0.918. The first-order valence-electron chi connectivity index (χ1n) is 19.0. The van der Waals surface area contributed by atoms with Crippen molar-refractivity contribution in [2.45, 2.75) is 0 Å². The van der Waals surface area contributed by atoms with E-state index in [1.807, 2.05) is 0 Å². The summed E-state index contributed by atoms with van der Waals surface area (Å²) in [5, 5.41) is 17.1. The molecule has 254 valence electrons. The average molecular weight is 697 g/mol. The van der Waals surface area contributed by atoms with Crippen molar-refractivity contribution in [1.82, 2.24) is 0 Å². The summed E-state index contributed by atoms with van der Waals surface area (Å²) in [5.74, 6) is 0. The summed E-state index contributed by atoms with van der Waals surface area (Å²) in [4.78, 5) is 0. The van der Waals surface area contributed by atoms with Gasteiger partial charge in [-0.3, -0.25) is 0 Å². The molecule has 0 fully saturated rings. The third-order valence-corrected chi connectivity index (χ3v) is 11.8. The van der Waals surface area contributed by atoms with Crippen molar-refractivity contribution >= 4 is 86.6 Å². The van der Waals surface area contributed by atoms with Gasteiger partial charge in [0.05, 0.1) is 0 Å². The van der Waals surface area contributed by atoms with Crippen molar-refractivity contribution in [3.8, 4) is 33.4 Å². The molecule has 0 bridgehead atoms. The molecule has 0 aliphatic rings. The zero-order valence-electron chi connectivity index (χ0n) is 29.9. The molecule has 0 N–H and O–H groups in total. The summed E-state index contributed by atoms with van der Waals surface area (Å²) < 4.78 is 6.72. The molecule has 12 rings (SSSR count). The van der Waals surface area contributed by atoms with Crippen LogP contribution in [0.4, 0.5) is 0 Å². The molecule has 11 aromatic carbocycles. The Balaban J connectivity index is 1.05. The van der Waals surface area contributed by atoms with Gasteiger partial charge >= 0.3 is 0 Å². The van der Waals surface area contributed by atoms with Gasteiger partial charge in [0.2, 0.25) is 0 Å². The molecular formula is C54H32O. The van der Waals surface area contributed by atoms with E-state index >= 15 is 0 Å². The Hall–Kier alpha value is -7.22. The van der Waals surface area contributed by atoms with E-state index in [4.69, 9.17) is 4.42 Å². The second-order valence-electron chi connectivity index (χ2n) is 14.8. The van der Waals surface area contributed by atoms with Crippen LogP contribution in [0.3, 0.4) is 0 Å². The molecule has 0 saturated carbocycles. The molecule has 0 amide bonds. The Kier molecular flexibility index (Phi) is 6.40. The summed E-state index contributed by atoms with van der Waals surface area (Å²) in [5.41, 5.74) is 9.28. The van der Waals surface area contributed by atoms with Gasteiger partial charge in [0.25, 0.3) is 0 Å². The fraction of sp³-hybridized carbons (Fsp3) is 0. The van der Waals surface area contributed by atoms with Gasteiger partial charge in [0.1, 0.15) is 11.2 Å². The van der Waals surface area contributed by atoms with E-state index in [2.05, 4.69) is 194 Å². The van der Waals surface area contributed by atoms with E-state index in [-0.39, 0.29) is 0 Å². The summed E-state index contributed by atoms with van der Waals surface area (Å²) >= 11 is 0. The fourth-order valence-electron chi connectivity index (χ4n) is 9.35. The van der Waals surface area contributed by atoms with E-state index in [0.717, 1.165) is 21.9 Å². The van der Waals surface area contributed by atoms with Crippen molar-refractivity contribution in [3.05, 3.63) is 194 Å². The lowest BCUT2D eigenvalue weighted by Gasteiger charge is -2.19. The molecule has 0 radical (unpaired) electrons. The number of hydrogen-bond acceptors (Lipinski definition) is 1. The molecule has 0 aliphatic heterocycles. The first kappa shape index (κ1) is 30.3. The maximum absolute atomic E-state index is 6.72. The highest BCUT2D eigenvalue weighted by Crippen LogP contribution is 2.46. The average Bonchev–Trinajstić information content (AvgIpc) is 3.64. The van der Waals surface area contributed by atoms with Gasteiger partial charge in [0.15, 0.2) is 0 Å². The number of rotatable bonds is 3. The predicted molar refractivity (Wildman–Crippen MR) is 235 cm³/mol. The van der Waals surface area contributed by atoms with Gasteiger partial charge in [0, 0.05) is 16.2 Å². The molecule has 1 heteroatoms. The van der Waals surface area contributed by atoms with Crippen LogP contribution in [0.15, 0.2) is 199 Å². The van der Waals surface area contributed by atoms with Gasteiger partial charge in [-0.15, -0.1) is 0 Å². The number of benzene rings is 11. The monoisotopic (exact) mass is 696 g/mol. The maximum atomic E-state index is 6.72. The third kappa shape index (κ3) is 4.48. The van der Waals surface area contributed by atoms with Gasteiger partial charge in [-0.2, -0.15) is 0 Å². The van der Waals surface area contributed by atoms with E-state index in [1.165, 1.54) is 98.0 Å². The summed E-state index contributed by atoms with van der Waals surface area (Å²) in [6, 6.07) is 71.0. The summed E-state index contributed by atoms with van der Waals surface area (Å²) in [7, 11) is 0. The Labute approximate surface area is 317 Å². The van der Waals surface area contributed by atoms with Gasteiger partial charge < -0.3 is 4.42 Å². The van der Waals surface area contributed by atoms with Gasteiger partial charge in [-0.05, 0) is 117 Å². The van der Waals surface area contributed by atoms with Crippen molar-refractivity contribution in [2.24, 2.45) is 0 Å². The second-order valence-corrected chi connectivity index (χ2v) is 14.8. The van der Waals surface area contributed by atoms with Crippen LogP contribution < -0.4 is 0 Å². The number of hydrogen-bond donors (Lipinski definition) is 0. The normalized spacial score (nSPS) is 12.0. The molecular weight excluding hydrogens is 665 g/mol. The highest BCUT2D eigenvalue weighted by Gasteiger charge is 2.19. The predicted octanol–water partition coefficient (Wildman–Crippen LogP) is 15.5. The van der Waals surface area contributed by atoms with Crippen LogP contribution >= 0.6 is 0 Å². The summed E-state index contributed by atoms with van der Waals surface area (Å²) in [6.45, 7) is 0. The first-order chi connectivity index (χ1) is 27.3. The van der Waals surface area contributed by atoms with E-state index in [9.17, 15) is 0 Å². The van der Waals surface area contributed by atoms with Gasteiger partial charge in [-0.1, -0.05) is 170 Å². The van der Waals surface area contributed by atoms with Crippen LogP contribution in [-0.2, 0) is 0 Å². The molecule has 0 atom stereocenters. The lowest BCUT2D eigenvalue weighted by atomic mass is 9.84. The quantitative estimate of drug-likeness (QED) is 0.168. The highest BCUT2D eigenvalue weighted by atomic mass is 16.3. The maximum Gasteiger partial charge on any atom is 0.143 e. The number of fused-ring (bicyclic) bond motifs is 11. The molecule has 1 nitrogen and oxygen atoms in total. The Morgan fingerprint density at radius 2 is 0.782 bits per heavy atom. The van der Waals surface area contributed by atoms with Crippen molar-refractivity contribution < 1.29 is 4.42 Å². The minimum Gasteiger partial charge on any atom is -0.455 e. The lowest BCUT2D eigenvalue weighted by Crippen LogP contribution is -1.91. The van der Waals surface area contributed by atoms with Crippen LogP contribution in [0.2, 0.25) is 0 Å². The van der Waals surface area contributed by atoms with Gasteiger partial charge in [-0.25, -0.2) is 0 Å². The number of furan rings is 1. The Bertz CT molecular complexity index is 3490. The molecule has 0 spiro atoms. The molecule has 0 aliphatic carbocycles. The smallest absolute Gasteiger partial charge is 0.143 e. The zero-order valence-corrected chi connectivity index (χ0v) is 29.9. The van der Waals surface area contributed by atoms with Crippen LogP contribution in [0.25, 0.3) is 120 Å². The Morgan fingerprint density at radius 1 is 0.273 bits per heavy atom. The first-order valence-corrected chi connectivity index (χ1v) is 19.0. The summed E-state index contributed by atoms with van der Waals surface area (Å²) in [6.07, 6.45) is 0. The van der Waals surface area contributed by atoms with E-state index in [1.54, 1.807) is 0 Å². The van der Waals surface area contributed by atoms with E-state index in [0.29, 0.717) is 0 Å². The highest BCUT2D eigenvalue weighted by molar-refractivity contribution is 6.26. The van der Waals surface area contributed by atoms with Crippen LogP contribution in [0.5, 0.6) is 0 Å². The van der Waals surface area contributed by atoms with Crippen molar-refractivity contribution in [3.63, 3.8) is 0 Å². The minimum atomic E-state index is 0.918. The van der Waals surface area contributed by atoms with E-state index < -0.39 is 0 Å². The topological polar surface area (TPSA) is 13.1 Å². The van der Waals surface area contributed by atoms with Crippen LogP contribution in [0.1, 0.15) is 0 Å². The SMILES string of the molecule is c1ccc2c(-c3c4ccccc4c(-c4ccc5cc(-c6cc7oc8c9ccccc9ccc8c7c7ccccc67)ccc5c4)c4ccccc34)cccc2c1. The molecule has 12 aromatic rings. The molecule has 1 heterocycles. The zero-order chi connectivity index (χ0) is 36.0. The largest absolute Gasteiger partial charge is 0.455 e. The third-order valence-electron chi connectivity index (χ3n) is 11.8. The molecule has 0 unspecified atom stereocenters. The standard InChI is InChI=1S/C54H32O/c1-3-15-39-33(12-1)14-11-23-42(39)52-46-21-9-7-19-44(46)51(45-20-8-10-22-47(45)52)38-27-25-35-30-37(26-24-36(35)31-38)49-32-50-53(43-18-6-5-17-41(43)49)48-29-28-34-13-2-4-16-40(34)54(48)55-50/h1-32H. The molecule has 55 heavy (non-hydrogen) atoms. The second kappa shape index (κ2) is 11.6. The molecule has 0 saturated heterocycles. The van der Waals surface area contributed by atoms with Crippen LogP contribution in [0, 0.1) is 0 Å². The Morgan fingerprint density at radius 3 is 1.49 bits per heavy atom. The van der Waals surface area contributed by atoms with Crippen molar-refractivity contribution in [2.75, 3.05) is 0 Å². The lowest BCUT2D eigenvalue weighted by molar-refractivity contribution is 0.673. The van der Waals surface area contributed by atoms with Crippen LogP contribution in [-0.4, -0.2) is 0 Å². The van der Waals surface area contributed by atoms with Crippen molar-refractivity contribution in [1.29, 1.82) is 0 Å². The fourth-order valence-corrected chi connectivity index (χ4v) is 9.35. The molecule has 1 aromatic heterocycles.